The summed E-state index contributed by atoms with van der Waals surface area (Å²) in [6.45, 7) is 3.14. The van der Waals surface area contributed by atoms with E-state index < -0.39 is 0 Å². The van der Waals surface area contributed by atoms with Crippen LogP contribution >= 0.6 is 11.8 Å². The lowest BCUT2D eigenvalue weighted by molar-refractivity contribution is 0.773. The number of nitrogens with zero attached hydrogens (tertiary/aromatic N) is 1. The van der Waals surface area contributed by atoms with Gasteiger partial charge in [0.1, 0.15) is 5.03 Å². The summed E-state index contributed by atoms with van der Waals surface area (Å²) < 4.78 is 0. The maximum absolute atomic E-state index is 4.42. The van der Waals surface area contributed by atoms with Gasteiger partial charge in [-0.3, -0.25) is 0 Å². The van der Waals surface area contributed by atoms with Crippen LogP contribution in [0.3, 0.4) is 0 Å². The van der Waals surface area contributed by atoms with Gasteiger partial charge in [-0.25, -0.2) is 4.98 Å². The normalized spacial score (nSPS) is 10.5. The molecule has 0 saturated carbocycles. The number of nitrogens with one attached hydrogen (secondary N) is 1. The van der Waals surface area contributed by atoms with Crippen LogP contribution in [0.4, 0.5) is 0 Å². The summed E-state index contributed by atoms with van der Waals surface area (Å²) in [5, 5.41) is 4.36. The first-order chi connectivity index (χ1) is 7.38. The van der Waals surface area contributed by atoms with E-state index in [2.05, 4.69) is 23.3 Å². The molecule has 0 fully saturated rings. The lowest BCUT2D eigenvalue weighted by atomic mass is 10.3. The van der Waals surface area contributed by atoms with Crippen molar-refractivity contribution in [3.63, 3.8) is 0 Å². The summed E-state index contributed by atoms with van der Waals surface area (Å²) in [6.07, 6.45) is 5.77. The molecule has 0 spiro atoms. The fourth-order valence-corrected chi connectivity index (χ4v) is 2.40. The van der Waals surface area contributed by atoms with Crippen molar-refractivity contribution in [1.29, 1.82) is 0 Å². The van der Waals surface area contributed by atoms with Gasteiger partial charge in [0.2, 0.25) is 0 Å². The number of aromatic nitrogens is 1. The molecule has 1 aromatic heterocycles. The van der Waals surface area contributed by atoms with Gasteiger partial charge in [0, 0.05) is 12.7 Å². The van der Waals surface area contributed by atoms with Crippen LogP contribution in [0.15, 0.2) is 23.4 Å². The second-order valence-corrected chi connectivity index (χ2v) is 4.64. The summed E-state index contributed by atoms with van der Waals surface area (Å²) in [5.41, 5.74) is 1.31. The minimum absolute atomic E-state index is 0.907. The van der Waals surface area contributed by atoms with E-state index in [1.165, 1.54) is 35.6 Å². The molecule has 15 heavy (non-hydrogen) atoms. The van der Waals surface area contributed by atoms with Gasteiger partial charge in [0.25, 0.3) is 0 Å². The van der Waals surface area contributed by atoms with Crippen molar-refractivity contribution >= 4 is 11.8 Å². The van der Waals surface area contributed by atoms with Gasteiger partial charge in [0.05, 0.1) is 0 Å². The van der Waals surface area contributed by atoms with Crippen LogP contribution in [0.5, 0.6) is 0 Å². The largest absolute Gasteiger partial charge is 0.316 e. The summed E-state index contributed by atoms with van der Waals surface area (Å²) in [5.74, 6) is 1.18. The molecule has 0 bridgehead atoms. The molecular formula is C12H20N2S. The summed E-state index contributed by atoms with van der Waals surface area (Å²) in [6, 6.07) is 4.15. The van der Waals surface area contributed by atoms with Gasteiger partial charge >= 0.3 is 0 Å². The Balaban J connectivity index is 2.44. The molecule has 2 nitrogen and oxygen atoms in total. The van der Waals surface area contributed by atoms with Crippen LogP contribution in [-0.4, -0.2) is 17.8 Å². The third-order valence-corrected chi connectivity index (χ3v) is 3.34. The van der Waals surface area contributed by atoms with Crippen LogP contribution in [-0.2, 0) is 6.54 Å². The zero-order valence-corrected chi connectivity index (χ0v) is 10.4. The summed E-state index contributed by atoms with van der Waals surface area (Å²) in [7, 11) is 1.97. The van der Waals surface area contributed by atoms with Crippen molar-refractivity contribution in [2.45, 2.75) is 37.8 Å². The number of unbranched alkanes of at least 4 members (excludes halogenated alkanes) is 2. The average molecular weight is 224 g/mol. The summed E-state index contributed by atoms with van der Waals surface area (Å²) in [4.78, 5) is 4.42. The minimum atomic E-state index is 0.907. The van der Waals surface area contributed by atoms with Gasteiger partial charge in [-0.15, -0.1) is 11.8 Å². The molecule has 1 rings (SSSR count). The number of hydrogen-bond acceptors (Lipinski definition) is 3. The Hall–Kier alpha value is -0.540. The molecule has 0 aliphatic carbocycles. The van der Waals surface area contributed by atoms with Crippen LogP contribution < -0.4 is 5.32 Å². The Morgan fingerprint density at radius 1 is 1.40 bits per heavy atom. The molecule has 0 aromatic carbocycles. The predicted octanol–water partition coefficient (Wildman–Crippen LogP) is 3.08. The molecule has 0 amide bonds. The van der Waals surface area contributed by atoms with Gasteiger partial charge in [-0.05, 0) is 30.9 Å². The second kappa shape index (κ2) is 7.71. The molecule has 0 radical (unpaired) electrons. The van der Waals surface area contributed by atoms with Gasteiger partial charge in [-0.2, -0.15) is 0 Å². The van der Waals surface area contributed by atoms with Crippen molar-refractivity contribution in [2.24, 2.45) is 0 Å². The van der Waals surface area contributed by atoms with E-state index in [1.807, 2.05) is 31.1 Å². The molecule has 0 unspecified atom stereocenters. The molecular weight excluding hydrogens is 204 g/mol. The van der Waals surface area contributed by atoms with Crippen molar-refractivity contribution < 1.29 is 0 Å². The van der Waals surface area contributed by atoms with Crippen LogP contribution in [0.1, 0.15) is 31.7 Å². The lowest BCUT2D eigenvalue weighted by Gasteiger charge is -2.06. The van der Waals surface area contributed by atoms with E-state index in [9.17, 15) is 0 Å². The Bertz CT molecular complexity index is 276. The number of rotatable bonds is 7. The number of hydrogen-bond donors (Lipinski definition) is 1. The highest BCUT2D eigenvalue weighted by atomic mass is 32.2. The molecule has 1 heterocycles. The summed E-state index contributed by atoms with van der Waals surface area (Å²) >= 11 is 1.88. The Morgan fingerprint density at radius 2 is 2.27 bits per heavy atom. The van der Waals surface area contributed by atoms with E-state index in [4.69, 9.17) is 0 Å². The van der Waals surface area contributed by atoms with E-state index in [0.717, 1.165) is 6.54 Å². The molecule has 0 aliphatic rings. The quantitative estimate of drug-likeness (QED) is 0.569. The fraction of sp³-hybridized carbons (Fsp3) is 0.583. The van der Waals surface area contributed by atoms with E-state index in [-0.39, 0.29) is 0 Å². The average Bonchev–Trinajstić information content (AvgIpc) is 2.27. The van der Waals surface area contributed by atoms with Crippen molar-refractivity contribution in [1.82, 2.24) is 10.3 Å². The van der Waals surface area contributed by atoms with Crippen LogP contribution in [0, 0.1) is 0 Å². The van der Waals surface area contributed by atoms with Crippen molar-refractivity contribution in [3.05, 3.63) is 23.9 Å². The minimum Gasteiger partial charge on any atom is -0.316 e. The Morgan fingerprint density at radius 3 is 3.00 bits per heavy atom. The fourth-order valence-electron chi connectivity index (χ4n) is 1.40. The van der Waals surface area contributed by atoms with Gasteiger partial charge in [-0.1, -0.05) is 25.8 Å². The highest BCUT2D eigenvalue weighted by Gasteiger charge is 2.02. The maximum Gasteiger partial charge on any atom is 0.100 e. The molecule has 1 aromatic rings. The van der Waals surface area contributed by atoms with Gasteiger partial charge in [0.15, 0.2) is 0 Å². The highest BCUT2D eigenvalue weighted by Crippen LogP contribution is 2.21. The maximum atomic E-state index is 4.42. The zero-order chi connectivity index (χ0) is 10.9. The topological polar surface area (TPSA) is 24.9 Å². The zero-order valence-electron chi connectivity index (χ0n) is 9.62. The van der Waals surface area contributed by atoms with Crippen molar-refractivity contribution in [2.75, 3.05) is 12.8 Å². The Labute approximate surface area is 96.9 Å². The van der Waals surface area contributed by atoms with E-state index in [1.54, 1.807) is 0 Å². The smallest absolute Gasteiger partial charge is 0.100 e. The molecule has 0 saturated heterocycles. The monoisotopic (exact) mass is 224 g/mol. The third kappa shape index (κ3) is 4.67. The van der Waals surface area contributed by atoms with E-state index >= 15 is 0 Å². The highest BCUT2D eigenvalue weighted by molar-refractivity contribution is 7.99. The van der Waals surface area contributed by atoms with Crippen LogP contribution in [0.2, 0.25) is 0 Å². The molecule has 0 aliphatic heterocycles. The standard InChI is InChI=1S/C12H20N2S/c1-3-4-5-9-15-12-11(10-13-2)7-6-8-14-12/h6-8,13H,3-5,9-10H2,1-2H3. The molecule has 84 valence electrons. The number of thioether (sulfide) groups is 1. The molecule has 3 heteroatoms. The predicted molar refractivity (Wildman–Crippen MR) is 67.2 cm³/mol. The Kier molecular flexibility index (Phi) is 6.44. The van der Waals surface area contributed by atoms with E-state index in [0.29, 0.717) is 0 Å². The first-order valence-electron chi connectivity index (χ1n) is 5.59. The van der Waals surface area contributed by atoms with Gasteiger partial charge < -0.3 is 5.32 Å². The lowest BCUT2D eigenvalue weighted by Crippen LogP contribution is -2.06. The molecule has 0 atom stereocenters. The van der Waals surface area contributed by atoms with Crippen LogP contribution in [0.25, 0.3) is 0 Å². The number of pyridine rings is 1. The first kappa shape index (κ1) is 12.5. The SMILES string of the molecule is CCCCCSc1ncccc1CNC. The third-order valence-electron chi connectivity index (χ3n) is 2.20. The van der Waals surface area contributed by atoms with Crippen molar-refractivity contribution in [3.8, 4) is 0 Å². The molecule has 1 N–H and O–H groups in total. The second-order valence-electron chi connectivity index (χ2n) is 3.55. The first-order valence-corrected chi connectivity index (χ1v) is 6.58.